The molecule has 1 N–H and O–H groups in total. The summed E-state index contributed by atoms with van der Waals surface area (Å²) in [6.45, 7) is 5.05. The molecule has 1 saturated heterocycles. The van der Waals surface area contributed by atoms with E-state index in [9.17, 15) is 4.79 Å². The van der Waals surface area contributed by atoms with Crippen molar-refractivity contribution in [2.75, 3.05) is 45.3 Å². The van der Waals surface area contributed by atoms with Crippen molar-refractivity contribution in [1.29, 1.82) is 0 Å². The average Bonchev–Trinajstić information content (AvgIpc) is 3.29. The van der Waals surface area contributed by atoms with Gasteiger partial charge in [-0.2, -0.15) is 5.10 Å². The number of rotatable bonds is 5. The number of aromatic nitrogens is 2. The maximum absolute atomic E-state index is 13.0. The number of piperazine rings is 1. The molecule has 7 nitrogen and oxygen atoms in total. The van der Waals surface area contributed by atoms with Gasteiger partial charge in [0.2, 0.25) is 0 Å². The minimum Gasteiger partial charge on any atom is -0.497 e. The van der Waals surface area contributed by atoms with E-state index in [4.69, 9.17) is 9.47 Å². The molecule has 0 atom stereocenters. The second-order valence-corrected chi connectivity index (χ2v) is 7.35. The van der Waals surface area contributed by atoms with Gasteiger partial charge in [-0.3, -0.25) is 9.89 Å². The molecular formula is C23H26N4O3. The number of methoxy groups -OCH3 is 2. The summed E-state index contributed by atoms with van der Waals surface area (Å²) in [5, 5.41) is 7.22. The Labute approximate surface area is 176 Å². The van der Waals surface area contributed by atoms with Gasteiger partial charge in [-0.1, -0.05) is 17.7 Å². The van der Waals surface area contributed by atoms with Crippen LogP contribution in [0.15, 0.2) is 48.5 Å². The lowest BCUT2D eigenvalue weighted by atomic mass is 10.1. The first-order chi connectivity index (χ1) is 14.6. The summed E-state index contributed by atoms with van der Waals surface area (Å²) in [7, 11) is 3.21. The minimum atomic E-state index is -0.0372. The van der Waals surface area contributed by atoms with Crippen LogP contribution in [0.5, 0.6) is 11.5 Å². The van der Waals surface area contributed by atoms with Crippen LogP contribution >= 0.6 is 0 Å². The van der Waals surface area contributed by atoms with Crippen LogP contribution in [0.4, 0.5) is 5.69 Å². The van der Waals surface area contributed by atoms with Gasteiger partial charge in [0.05, 0.1) is 19.9 Å². The second kappa shape index (κ2) is 8.49. The van der Waals surface area contributed by atoms with Crippen molar-refractivity contribution in [3.8, 4) is 22.8 Å². The predicted octanol–water partition coefficient (Wildman–Crippen LogP) is 3.36. The Kier molecular flexibility index (Phi) is 5.61. The number of benzene rings is 2. The number of anilines is 1. The molecule has 3 aromatic rings. The van der Waals surface area contributed by atoms with Crippen molar-refractivity contribution in [2.45, 2.75) is 6.92 Å². The van der Waals surface area contributed by atoms with Crippen LogP contribution in [0, 0.1) is 6.92 Å². The molecule has 0 spiro atoms. The van der Waals surface area contributed by atoms with Crippen molar-refractivity contribution in [3.63, 3.8) is 0 Å². The largest absolute Gasteiger partial charge is 0.497 e. The highest BCUT2D eigenvalue weighted by Gasteiger charge is 2.24. The van der Waals surface area contributed by atoms with E-state index in [0.717, 1.165) is 18.7 Å². The molecule has 2 aromatic carbocycles. The average molecular weight is 406 g/mol. The van der Waals surface area contributed by atoms with Crippen LogP contribution in [0.2, 0.25) is 0 Å². The Balaban J connectivity index is 1.44. The summed E-state index contributed by atoms with van der Waals surface area (Å²) < 4.78 is 10.7. The number of aromatic amines is 1. The van der Waals surface area contributed by atoms with E-state index >= 15 is 0 Å². The van der Waals surface area contributed by atoms with Crippen molar-refractivity contribution < 1.29 is 14.3 Å². The van der Waals surface area contributed by atoms with Gasteiger partial charge >= 0.3 is 0 Å². The molecular weight excluding hydrogens is 380 g/mol. The Bertz CT molecular complexity index is 1020. The highest BCUT2D eigenvalue weighted by atomic mass is 16.5. The van der Waals surface area contributed by atoms with Gasteiger partial charge in [0.1, 0.15) is 17.2 Å². The monoisotopic (exact) mass is 406 g/mol. The Hall–Kier alpha value is -3.48. The van der Waals surface area contributed by atoms with Gasteiger partial charge in [-0.05, 0) is 37.3 Å². The van der Waals surface area contributed by atoms with E-state index in [1.54, 1.807) is 26.4 Å². The summed E-state index contributed by atoms with van der Waals surface area (Å²) in [5.74, 6) is 1.31. The van der Waals surface area contributed by atoms with Crippen molar-refractivity contribution in [3.05, 3.63) is 59.8 Å². The zero-order chi connectivity index (χ0) is 21.1. The fraction of sp³-hybridized carbons (Fsp3) is 0.304. The maximum atomic E-state index is 13.0. The van der Waals surface area contributed by atoms with E-state index < -0.39 is 0 Å². The molecule has 0 bridgehead atoms. The predicted molar refractivity (Wildman–Crippen MR) is 116 cm³/mol. The van der Waals surface area contributed by atoms with Gasteiger partial charge in [0, 0.05) is 43.5 Å². The van der Waals surface area contributed by atoms with Crippen LogP contribution in [-0.2, 0) is 0 Å². The van der Waals surface area contributed by atoms with Crippen LogP contribution < -0.4 is 14.4 Å². The van der Waals surface area contributed by atoms with Gasteiger partial charge in [-0.25, -0.2) is 0 Å². The SMILES string of the molecule is COc1ccc(-c2cc(C(=O)N3CCN(c4ccc(C)cc4)CC3)[nH]n2)c(OC)c1. The first-order valence-corrected chi connectivity index (χ1v) is 9.97. The third-order valence-electron chi connectivity index (χ3n) is 5.46. The minimum absolute atomic E-state index is 0.0372. The van der Waals surface area contributed by atoms with Crippen LogP contribution in [0.25, 0.3) is 11.3 Å². The first-order valence-electron chi connectivity index (χ1n) is 9.97. The smallest absolute Gasteiger partial charge is 0.272 e. The highest BCUT2D eigenvalue weighted by molar-refractivity contribution is 5.93. The number of nitrogens with zero attached hydrogens (tertiary/aromatic N) is 3. The van der Waals surface area contributed by atoms with E-state index in [2.05, 4.69) is 46.3 Å². The van der Waals surface area contributed by atoms with Gasteiger partial charge in [0.25, 0.3) is 5.91 Å². The number of hydrogen-bond donors (Lipinski definition) is 1. The van der Waals surface area contributed by atoms with Crippen molar-refractivity contribution in [1.82, 2.24) is 15.1 Å². The third kappa shape index (κ3) is 3.96. The van der Waals surface area contributed by atoms with E-state index in [0.29, 0.717) is 36.0 Å². The number of ether oxygens (including phenoxy) is 2. The molecule has 2 heterocycles. The van der Waals surface area contributed by atoms with Crippen molar-refractivity contribution in [2.24, 2.45) is 0 Å². The summed E-state index contributed by atoms with van der Waals surface area (Å²) in [6, 6.07) is 15.8. The molecule has 0 saturated carbocycles. The molecule has 30 heavy (non-hydrogen) atoms. The normalized spacial score (nSPS) is 14.0. The summed E-state index contributed by atoms with van der Waals surface area (Å²) in [4.78, 5) is 17.1. The van der Waals surface area contributed by atoms with Gasteiger partial charge < -0.3 is 19.3 Å². The molecule has 1 aromatic heterocycles. The topological polar surface area (TPSA) is 70.7 Å². The van der Waals surface area contributed by atoms with Gasteiger partial charge in [0.15, 0.2) is 0 Å². The lowest BCUT2D eigenvalue weighted by molar-refractivity contribution is 0.0741. The van der Waals surface area contributed by atoms with E-state index in [1.165, 1.54) is 11.3 Å². The Morgan fingerprint density at radius 2 is 1.70 bits per heavy atom. The molecule has 1 fully saturated rings. The van der Waals surface area contributed by atoms with Gasteiger partial charge in [-0.15, -0.1) is 0 Å². The Morgan fingerprint density at radius 3 is 2.37 bits per heavy atom. The number of aryl methyl sites for hydroxylation is 1. The maximum Gasteiger partial charge on any atom is 0.272 e. The summed E-state index contributed by atoms with van der Waals surface area (Å²) in [6.07, 6.45) is 0. The lowest BCUT2D eigenvalue weighted by Gasteiger charge is -2.36. The third-order valence-corrected chi connectivity index (χ3v) is 5.46. The highest BCUT2D eigenvalue weighted by Crippen LogP contribution is 2.32. The van der Waals surface area contributed by atoms with E-state index in [-0.39, 0.29) is 5.91 Å². The standard InChI is InChI=1S/C23H26N4O3/c1-16-4-6-17(7-5-16)26-10-12-27(13-11-26)23(28)21-15-20(24-25-21)19-9-8-18(29-2)14-22(19)30-3/h4-9,14-15H,10-13H2,1-3H3,(H,24,25). The lowest BCUT2D eigenvalue weighted by Crippen LogP contribution is -2.48. The van der Waals surface area contributed by atoms with E-state index in [1.807, 2.05) is 17.0 Å². The quantitative estimate of drug-likeness (QED) is 0.704. The summed E-state index contributed by atoms with van der Waals surface area (Å²) in [5.41, 5.74) is 4.39. The fourth-order valence-corrected chi connectivity index (χ4v) is 3.67. The molecule has 1 aliphatic heterocycles. The number of nitrogens with one attached hydrogen (secondary N) is 1. The van der Waals surface area contributed by atoms with Crippen LogP contribution in [0.1, 0.15) is 16.1 Å². The number of carbonyl (C=O) groups excluding carboxylic acids is 1. The molecule has 0 unspecified atom stereocenters. The molecule has 156 valence electrons. The fourth-order valence-electron chi connectivity index (χ4n) is 3.67. The number of H-pyrrole nitrogens is 1. The number of hydrogen-bond acceptors (Lipinski definition) is 5. The van der Waals surface area contributed by atoms with Crippen LogP contribution in [-0.4, -0.2) is 61.4 Å². The number of amides is 1. The zero-order valence-corrected chi connectivity index (χ0v) is 17.5. The molecule has 1 aliphatic rings. The Morgan fingerprint density at radius 1 is 0.967 bits per heavy atom. The molecule has 4 rings (SSSR count). The van der Waals surface area contributed by atoms with Crippen LogP contribution in [0.3, 0.4) is 0 Å². The first kappa shape index (κ1) is 19.8. The zero-order valence-electron chi connectivity index (χ0n) is 17.5. The molecule has 0 radical (unpaired) electrons. The number of carbonyl (C=O) groups is 1. The molecule has 0 aliphatic carbocycles. The van der Waals surface area contributed by atoms with Crippen molar-refractivity contribution >= 4 is 11.6 Å². The second-order valence-electron chi connectivity index (χ2n) is 7.35. The molecule has 7 heteroatoms. The summed E-state index contributed by atoms with van der Waals surface area (Å²) >= 11 is 0. The molecule has 1 amide bonds.